The Hall–Kier alpha value is -5.36. The topological polar surface area (TPSA) is 40.5 Å². The van der Waals surface area contributed by atoms with Crippen molar-refractivity contribution in [2.75, 3.05) is 0 Å². The summed E-state index contributed by atoms with van der Waals surface area (Å²) in [4.78, 5) is 0. The summed E-state index contributed by atoms with van der Waals surface area (Å²) in [6, 6.07) is 62.1. The summed E-state index contributed by atoms with van der Waals surface area (Å²) in [6.45, 7) is 0. The highest BCUT2D eigenvalue weighted by Crippen LogP contribution is 2.58. The van der Waals surface area contributed by atoms with E-state index in [0.29, 0.717) is 0 Å². The summed E-state index contributed by atoms with van der Waals surface area (Å²) in [5, 5.41) is 29.7. The average molecular weight is 871 g/mol. The fourth-order valence-electron chi connectivity index (χ4n) is 8.99. The number of allylic oxidation sites excluding steroid dienone is 2. The molecule has 57 heavy (non-hydrogen) atoms. The number of aliphatic hydroxyl groups is 2. The third kappa shape index (κ3) is 6.61. The van der Waals surface area contributed by atoms with Crippen LogP contribution in [0.25, 0.3) is 43.8 Å². The number of benzene rings is 8. The number of halogens is 2. The van der Waals surface area contributed by atoms with Crippen LogP contribution in [-0.4, -0.2) is 10.2 Å². The molecule has 4 atom stereocenters. The van der Waals surface area contributed by atoms with Gasteiger partial charge in [-0.15, -0.1) is 0 Å². The molecule has 0 aliphatic heterocycles. The predicted molar refractivity (Wildman–Crippen MR) is 245 cm³/mol. The Kier molecular flexibility index (Phi) is 10.7. The molecule has 0 saturated carbocycles. The number of rotatable bonds is 4. The van der Waals surface area contributed by atoms with Crippen LogP contribution in [0, 0.1) is 11.8 Å². The lowest BCUT2D eigenvalue weighted by molar-refractivity contribution is -0.0717. The summed E-state index contributed by atoms with van der Waals surface area (Å²) in [5.41, 5.74) is 5.70. The van der Waals surface area contributed by atoms with E-state index in [1.54, 1.807) is 0 Å². The Bertz CT molecular complexity index is 2750. The van der Waals surface area contributed by atoms with Gasteiger partial charge in [-0.3, -0.25) is 0 Å². The number of hydrogen-bond acceptors (Lipinski definition) is 2. The molecule has 0 heterocycles. The van der Waals surface area contributed by atoms with E-state index in [9.17, 15) is 10.2 Å². The summed E-state index contributed by atoms with van der Waals surface area (Å²) in [7, 11) is 0. The first-order chi connectivity index (χ1) is 27.4. The molecule has 0 aromatic heterocycles. The van der Waals surface area contributed by atoms with Crippen molar-refractivity contribution in [2.24, 2.45) is 11.8 Å². The lowest BCUT2D eigenvalue weighted by atomic mass is 9.55. The highest BCUT2D eigenvalue weighted by Gasteiger charge is 2.57. The molecule has 0 bridgehead atoms. The van der Waals surface area contributed by atoms with Crippen LogP contribution in [-0.2, 0) is 11.2 Å². The molecular weight excluding hydrogens is 828 g/mol. The predicted octanol–water partition coefficient (Wildman–Crippen LogP) is 14.0. The Morgan fingerprint density at radius 1 is 0.386 bits per heavy atom. The Morgan fingerprint density at radius 3 is 1.28 bits per heavy atom. The highest BCUT2D eigenvalue weighted by molar-refractivity contribution is 9.10. The van der Waals surface area contributed by atoms with Crippen LogP contribution in [0.3, 0.4) is 0 Å². The van der Waals surface area contributed by atoms with Crippen molar-refractivity contribution in [3.63, 3.8) is 0 Å². The second-order valence-corrected chi connectivity index (χ2v) is 16.3. The second kappa shape index (κ2) is 15.9. The summed E-state index contributed by atoms with van der Waals surface area (Å²) in [6.07, 6.45) is 7.97. The molecule has 280 valence electrons. The van der Waals surface area contributed by atoms with E-state index in [2.05, 4.69) is 135 Å². The minimum atomic E-state index is -1.26. The van der Waals surface area contributed by atoms with Gasteiger partial charge in [0.25, 0.3) is 0 Å². The number of hydrogen-bond donors (Lipinski definition) is 2. The van der Waals surface area contributed by atoms with Gasteiger partial charge in [0.2, 0.25) is 0 Å². The van der Waals surface area contributed by atoms with Crippen LogP contribution < -0.4 is 0 Å². The van der Waals surface area contributed by atoms with Crippen molar-refractivity contribution in [3.05, 3.63) is 237 Å². The molecular formula is C53H42Br2O2. The Morgan fingerprint density at radius 2 is 0.772 bits per heavy atom. The highest BCUT2D eigenvalue weighted by atomic mass is 79.9. The molecule has 2 aliphatic rings. The van der Waals surface area contributed by atoms with Gasteiger partial charge in [0, 0.05) is 20.8 Å². The zero-order valence-electron chi connectivity index (χ0n) is 30.4. The summed E-state index contributed by atoms with van der Waals surface area (Å²) >= 11 is 7.26. The van der Waals surface area contributed by atoms with Gasteiger partial charge in [-0.1, -0.05) is 221 Å². The molecule has 0 spiro atoms. The minimum Gasteiger partial charge on any atom is -0.380 e. The third-order valence-corrected chi connectivity index (χ3v) is 12.4. The molecule has 0 saturated heterocycles. The third-order valence-electron chi connectivity index (χ3n) is 11.4. The molecule has 4 unspecified atom stereocenters. The van der Waals surface area contributed by atoms with Gasteiger partial charge in [-0.05, 0) is 90.3 Å². The van der Waals surface area contributed by atoms with E-state index in [1.165, 1.54) is 43.8 Å². The van der Waals surface area contributed by atoms with E-state index < -0.39 is 11.2 Å². The molecule has 8 aromatic carbocycles. The lowest BCUT2D eigenvalue weighted by Crippen LogP contribution is -2.54. The van der Waals surface area contributed by atoms with Gasteiger partial charge < -0.3 is 10.2 Å². The normalized spacial score (nSPS) is 20.5. The molecule has 0 amide bonds. The van der Waals surface area contributed by atoms with Crippen LogP contribution >= 0.6 is 31.9 Å². The molecule has 4 heteroatoms. The van der Waals surface area contributed by atoms with Gasteiger partial charge in [0.15, 0.2) is 0 Å². The van der Waals surface area contributed by atoms with Crippen molar-refractivity contribution < 1.29 is 10.2 Å². The molecule has 2 nitrogen and oxygen atoms in total. The fourth-order valence-corrected chi connectivity index (χ4v) is 9.71. The summed E-state index contributed by atoms with van der Waals surface area (Å²) in [5.74, 6) is -0.629. The van der Waals surface area contributed by atoms with E-state index in [-0.39, 0.29) is 19.3 Å². The quantitative estimate of drug-likeness (QED) is 0.173. The fraction of sp³-hybridized carbons (Fsp3) is 0.0943. The SMILES string of the molecule is Brc1ccc2c(-c3ccccc3)c3ccccc3c(-c3ccccc3)c2c1.C.OC1(c2ccccc2)c2ccc(Br)cc2C(O)(c2ccccc2)C2C=CC=CC21. The van der Waals surface area contributed by atoms with Crippen LogP contribution in [0.5, 0.6) is 0 Å². The van der Waals surface area contributed by atoms with Gasteiger partial charge in [-0.25, -0.2) is 0 Å². The first-order valence-corrected chi connectivity index (χ1v) is 20.4. The van der Waals surface area contributed by atoms with E-state index >= 15 is 0 Å². The standard InChI is InChI=1S/C26H21BrO2.C26H17Br.CH4/c27-20-15-16-23-24(17-20)26(29,19-11-5-2-6-12-19)22-14-8-7-13-21(22)25(23,28)18-9-3-1-4-10-18;27-20-15-16-23-24(17-20)26(19-11-5-2-6-12-19)22-14-8-7-13-21(22)25(23)18-9-3-1-4-10-18;/h1-17,21-22,28-29H;1-17H;1H4. The van der Waals surface area contributed by atoms with E-state index in [0.717, 1.165) is 31.2 Å². The number of fused-ring (bicyclic) bond motifs is 4. The molecule has 0 radical (unpaired) electrons. The van der Waals surface area contributed by atoms with E-state index in [4.69, 9.17) is 0 Å². The maximum Gasteiger partial charge on any atom is 0.122 e. The van der Waals surface area contributed by atoms with Crippen molar-refractivity contribution in [1.29, 1.82) is 0 Å². The Labute approximate surface area is 351 Å². The second-order valence-electron chi connectivity index (χ2n) is 14.5. The summed E-state index contributed by atoms with van der Waals surface area (Å²) < 4.78 is 1.97. The van der Waals surface area contributed by atoms with Crippen molar-refractivity contribution in [3.8, 4) is 22.3 Å². The van der Waals surface area contributed by atoms with Crippen LogP contribution in [0.4, 0.5) is 0 Å². The molecule has 0 fully saturated rings. The van der Waals surface area contributed by atoms with E-state index in [1.807, 2.05) is 103 Å². The maximum absolute atomic E-state index is 12.3. The van der Waals surface area contributed by atoms with Gasteiger partial charge in [-0.2, -0.15) is 0 Å². The zero-order chi connectivity index (χ0) is 38.3. The minimum absolute atomic E-state index is 0. The van der Waals surface area contributed by atoms with Crippen LogP contribution in [0.2, 0.25) is 0 Å². The zero-order valence-corrected chi connectivity index (χ0v) is 33.6. The first kappa shape index (κ1) is 38.5. The maximum atomic E-state index is 12.3. The molecule has 2 N–H and O–H groups in total. The molecule has 10 rings (SSSR count). The van der Waals surface area contributed by atoms with Gasteiger partial charge >= 0.3 is 0 Å². The van der Waals surface area contributed by atoms with Crippen molar-refractivity contribution in [1.82, 2.24) is 0 Å². The largest absolute Gasteiger partial charge is 0.380 e. The van der Waals surface area contributed by atoms with Crippen molar-refractivity contribution >= 4 is 53.4 Å². The molecule has 2 aliphatic carbocycles. The van der Waals surface area contributed by atoms with Gasteiger partial charge in [0.05, 0.1) is 0 Å². The lowest BCUT2D eigenvalue weighted by Gasteiger charge is -2.53. The monoisotopic (exact) mass is 868 g/mol. The van der Waals surface area contributed by atoms with Crippen LogP contribution in [0.15, 0.2) is 215 Å². The first-order valence-electron chi connectivity index (χ1n) is 18.8. The van der Waals surface area contributed by atoms with Crippen LogP contribution in [0.1, 0.15) is 29.7 Å². The average Bonchev–Trinajstić information content (AvgIpc) is 3.26. The van der Waals surface area contributed by atoms with Crippen molar-refractivity contribution in [2.45, 2.75) is 18.6 Å². The molecule has 8 aromatic rings. The smallest absolute Gasteiger partial charge is 0.122 e. The Balaban J connectivity index is 0.000000157. The van der Waals surface area contributed by atoms with Gasteiger partial charge in [0.1, 0.15) is 11.2 Å².